The third-order valence-electron chi connectivity index (χ3n) is 5.50. The highest BCUT2D eigenvalue weighted by Gasteiger charge is 2.44. The third-order valence-corrected chi connectivity index (χ3v) is 8.61. The molecule has 170 valence electrons. The maximum atomic E-state index is 6.26. The fourth-order valence-corrected chi connectivity index (χ4v) is 6.95. The standard InChI is InChI=1S/C28H31NO3Si/c1-4-30-33(31-5-2,32-6-3)28-22-21-27(25-19-13-14-20-26(25)28)29(23-15-9-7-10-16-23)24-17-11-8-12-18-24/h7-22H,4-6H2,1-3H3. The molecule has 0 saturated carbocycles. The van der Waals surface area contributed by atoms with Crippen LogP contribution in [0.15, 0.2) is 97.1 Å². The molecule has 0 N–H and O–H groups in total. The van der Waals surface area contributed by atoms with Crippen LogP contribution in [0.5, 0.6) is 0 Å². The summed E-state index contributed by atoms with van der Waals surface area (Å²) in [5.74, 6) is 0. The van der Waals surface area contributed by atoms with Gasteiger partial charge in [0, 0.05) is 41.8 Å². The van der Waals surface area contributed by atoms with Crippen LogP contribution in [0.25, 0.3) is 10.8 Å². The van der Waals surface area contributed by atoms with Gasteiger partial charge in [0.05, 0.1) is 5.69 Å². The van der Waals surface area contributed by atoms with Gasteiger partial charge in [0.2, 0.25) is 0 Å². The second-order valence-electron chi connectivity index (χ2n) is 7.54. The smallest absolute Gasteiger partial charge is 0.370 e. The second-order valence-corrected chi connectivity index (χ2v) is 10.1. The fraction of sp³-hybridized carbons (Fsp3) is 0.214. The van der Waals surface area contributed by atoms with E-state index in [4.69, 9.17) is 13.3 Å². The van der Waals surface area contributed by atoms with E-state index in [-0.39, 0.29) is 0 Å². The number of hydrogen-bond acceptors (Lipinski definition) is 4. The molecule has 0 spiro atoms. The Morgan fingerprint density at radius 3 is 1.48 bits per heavy atom. The second kappa shape index (κ2) is 10.8. The fourth-order valence-electron chi connectivity index (χ4n) is 4.25. The molecule has 0 aliphatic rings. The first-order valence-corrected chi connectivity index (χ1v) is 13.3. The summed E-state index contributed by atoms with van der Waals surface area (Å²) in [5.41, 5.74) is 3.30. The molecule has 0 atom stereocenters. The van der Waals surface area contributed by atoms with Crippen molar-refractivity contribution in [2.75, 3.05) is 24.7 Å². The van der Waals surface area contributed by atoms with Gasteiger partial charge in [0.15, 0.2) is 0 Å². The van der Waals surface area contributed by atoms with Crippen LogP contribution in [0.1, 0.15) is 20.8 Å². The van der Waals surface area contributed by atoms with Gasteiger partial charge >= 0.3 is 8.80 Å². The van der Waals surface area contributed by atoms with Crippen molar-refractivity contribution in [3.8, 4) is 0 Å². The number of para-hydroxylation sites is 2. The lowest BCUT2D eigenvalue weighted by molar-refractivity contribution is 0.0862. The number of nitrogens with zero attached hydrogens (tertiary/aromatic N) is 1. The summed E-state index contributed by atoms with van der Waals surface area (Å²) in [7, 11) is -3.07. The Hall–Kier alpha value is -2.96. The lowest BCUT2D eigenvalue weighted by atomic mass is 10.1. The SMILES string of the molecule is CCO[Si](OCC)(OCC)c1ccc(N(c2ccccc2)c2ccccc2)c2ccccc12. The highest BCUT2D eigenvalue weighted by molar-refractivity contribution is 6.77. The van der Waals surface area contributed by atoms with Crippen LogP contribution in [0.2, 0.25) is 0 Å². The van der Waals surface area contributed by atoms with Gasteiger partial charge in [-0.15, -0.1) is 0 Å². The van der Waals surface area contributed by atoms with E-state index in [1.165, 1.54) is 0 Å². The van der Waals surface area contributed by atoms with E-state index < -0.39 is 8.80 Å². The number of rotatable bonds is 10. The topological polar surface area (TPSA) is 30.9 Å². The van der Waals surface area contributed by atoms with Crippen LogP contribution in [0, 0.1) is 0 Å². The molecular weight excluding hydrogens is 426 g/mol. The van der Waals surface area contributed by atoms with E-state index in [9.17, 15) is 0 Å². The van der Waals surface area contributed by atoms with E-state index in [0.29, 0.717) is 19.8 Å². The van der Waals surface area contributed by atoms with Gasteiger partial charge < -0.3 is 18.2 Å². The first-order valence-electron chi connectivity index (χ1n) is 11.6. The van der Waals surface area contributed by atoms with E-state index >= 15 is 0 Å². The molecule has 0 saturated heterocycles. The van der Waals surface area contributed by atoms with Crippen LogP contribution < -0.4 is 10.1 Å². The molecule has 4 nitrogen and oxygen atoms in total. The van der Waals surface area contributed by atoms with E-state index in [2.05, 4.69) is 89.8 Å². The average molecular weight is 458 g/mol. The van der Waals surface area contributed by atoms with Crippen molar-refractivity contribution in [1.82, 2.24) is 0 Å². The zero-order valence-corrected chi connectivity index (χ0v) is 20.5. The molecule has 4 aromatic rings. The zero-order chi connectivity index (χ0) is 23.1. The molecule has 0 aromatic heterocycles. The predicted octanol–water partition coefficient (Wildman–Crippen LogP) is 6.57. The summed E-state index contributed by atoms with van der Waals surface area (Å²) in [6.45, 7) is 7.56. The van der Waals surface area contributed by atoms with Crippen LogP contribution in [0.4, 0.5) is 17.1 Å². The maximum Gasteiger partial charge on any atom is 0.537 e. The Morgan fingerprint density at radius 1 is 0.545 bits per heavy atom. The first kappa shape index (κ1) is 23.2. The molecule has 5 heteroatoms. The highest BCUT2D eigenvalue weighted by Crippen LogP contribution is 2.38. The summed E-state index contributed by atoms with van der Waals surface area (Å²) < 4.78 is 18.8. The van der Waals surface area contributed by atoms with Crippen molar-refractivity contribution in [3.05, 3.63) is 97.1 Å². The van der Waals surface area contributed by atoms with Crippen LogP contribution in [0.3, 0.4) is 0 Å². The molecule has 0 unspecified atom stereocenters. The molecule has 0 aliphatic heterocycles. The molecule has 0 bridgehead atoms. The molecular formula is C28H31NO3Si. The summed E-state index contributed by atoms with van der Waals surface area (Å²) >= 11 is 0. The molecule has 0 heterocycles. The van der Waals surface area contributed by atoms with Crippen molar-refractivity contribution in [2.45, 2.75) is 20.8 Å². The highest BCUT2D eigenvalue weighted by atomic mass is 28.4. The van der Waals surface area contributed by atoms with Crippen molar-refractivity contribution < 1.29 is 13.3 Å². The van der Waals surface area contributed by atoms with Gasteiger partial charge in [-0.1, -0.05) is 66.7 Å². The van der Waals surface area contributed by atoms with Gasteiger partial charge in [-0.05, 0) is 56.5 Å². The van der Waals surface area contributed by atoms with Gasteiger partial charge in [-0.25, -0.2) is 0 Å². The lowest BCUT2D eigenvalue weighted by Gasteiger charge is -2.31. The van der Waals surface area contributed by atoms with Crippen molar-refractivity contribution >= 4 is 41.8 Å². The Morgan fingerprint density at radius 2 is 1.00 bits per heavy atom. The number of benzene rings is 4. The Balaban J connectivity index is 1.97. The third kappa shape index (κ3) is 4.72. The monoisotopic (exact) mass is 457 g/mol. The molecule has 0 aliphatic carbocycles. The van der Waals surface area contributed by atoms with E-state index in [0.717, 1.165) is 33.0 Å². The summed E-state index contributed by atoms with van der Waals surface area (Å²) in [5, 5.41) is 3.22. The van der Waals surface area contributed by atoms with Gasteiger partial charge in [-0.2, -0.15) is 0 Å². The van der Waals surface area contributed by atoms with Gasteiger partial charge in [-0.3, -0.25) is 0 Å². The van der Waals surface area contributed by atoms with Crippen molar-refractivity contribution in [3.63, 3.8) is 0 Å². The Bertz CT molecular complexity index is 1110. The molecule has 0 amide bonds. The first-order chi connectivity index (χ1) is 16.2. The minimum Gasteiger partial charge on any atom is -0.370 e. The molecule has 4 aromatic carbocycles. The number of hydrogen-bond donors (Lipinski definition) is 0. The number of anilines is 3. The quantitative estimate of drug-likeness (QED) is 0.252. The zero-order valence-electron chi connectivity index (χ0n) is 19.5. The minimum absolute atomic E-state index is 0.530. The van der Waals surface area contributed by atoms with E-state index in [1.54, 1.807) is 0 Å². The van der Waals surface area contributed by atoms with Crippen molar-refractivity contribution in [1.29, 1.82) is 0 Å². The van der Waals surface area contributed by atoms with Gasteiger partial charge in [0.1, 0.15) is 0 Å². The van der Waals surface area contributed by atoms with Crippen LogP contribution in [-0.4, -0.2) is 28.6 Å². The molecule has 0 radical (unpaired) electrons. The van der Waals surface area contributed by atoms with Gasteiger partial charge in [0.25, 0.3) is 0 Å². The summed E-state index contributed by atoms with van der Waals surface area (Å²) in [6.07, 6.45) is 0. The largest absolute Gasteiger partial charge is 0.537 e. The molecule has 0 fully saturated rings. The van der Waals surface area contributed by atoms with Crippen molar-refractivity contribution in [2.24, 2.45) is 0 Å². The maximum absolute atomic E-state index is 6.26. The normalized spacial score (nSPS) is 11.6. The minimum atomic E-state index is -3.07. The Labute approximate surface area is 197 Å². The number of fused-ring (bicyclic) bond motifs is 1. The lowest BCUT2D eigenvalue weighted by Crippen LogP contribution is -2.57. The average Bonchev–Trinajstić information content (AvgIpc) is 2.86. The Kier molecular flexibility index (Phi) is 7.57. The predicted molar refractivity (Wildman–Crippen MR) is 139 cm³/mol. The van der Waals surface area contributed by atoms with Crippen LogP contribution >= 0.6 is 0 Å². The summed E-state index contributed by atoms with van der Waals surface area (Å²) in [4.78, 5) is 2.29. The van der Waals surface area contributed by atoms with Crippen LogP contribution in [-0.2, 0) is 13.3 Å². The molecule has 4 rings (SSSR count). The van der Waals surface area contributed by atoms with E-state index in [1.807, 2.05) is 32.9 Å². The molecule has 33 heavy (non-hydrogen) atoms. The summed E-state index contributed by atoms with van der Waals surface area (Å²) in [6, 6.07) is 33.6.